The minimum atomic E-state index is 0.713. The number of methoxy groups -OCH3 is 1. The Bertz CT molecular complexity index is 528. The molecule has 0 atom stereocenters. The van der Waals surface area contributed by atoms with Crippen molar-refractivity contribution in [3.05, 3.63) is 35.4 Å². The van der Waals surface area contributed by atoms with Crippen LogP contribution < -0.4 is 5.32 Å². The van der Waals surface area contributed by atoms with E-state index in [0.29, 0.717) is 6.61 Å². The highest BCUT2D eigenvalue weighted by Crippen LogP contribution is 2.19. The minimum absolute atomic E-state index is 0.713. The van der Waals surface area contributed by atoms with Crippen LogP contribution in [-0.2, 0) is 17.0 Å². The first-order valence-electron chi connectivity index (χ1n) is 6.94. The molecule has 2 aromatic rings. The number of aromatic nitrogens is 4. The van der Waals surface area contributed by atoms with Crippen LogP contribution in [0.1, 0.15) is 11.1 Å². The lowest BCUT2D eigenvalue weighted by molar-refractivity contribution is 0.199. The highest BCUT2D eigenvalue weighted by molar-refractivity contribution is 7.98. The molecule has 1 N–H and O–H groups in total. The van der Waals surface area contributed by atoms with Crippen LogP contribution >= 0.6 is 11.8 Å². The van der Waals surface area contributed by atoms with E-state index in [2.05, 4.69) is 52.0 Å². The third kappa shape index (κ3) is 5.45. The van der Waals surface area contributed by atoms with E-state index in [1.165, 1.54) is 11.1 Å². The number of benzene rings is 1. The summed E-state index contributed by atoms with van der Waals surface area (Å²) in [6, 6.07) is 8.53. The molecule has 0 bridgehead atoms. The first-order chi connectivity index (χ1) is 10.3. The molecule has 0 unspecified atom stereocenters. The van der Waals surface area contributed by atoms with Crippen molar-refractivity contribution in [2.75, 3.05) is 26.8 Å². The van der Waals surface area contributed by atoms with E-state index in [4.69, 9.17) is 4.74 Å². The molecule has 114 valence electrons. The molecule has 0 saturated heterocycles. The molecule has 0 spiro atoms. The van der Waals surface area contributed by atoms with E-state index < -0.39 is 0 Å². The highest BCUT2D eigenvalue weighted by Gasteiger charge is 2.06. The van der Waals surface area contributed by atoms with Crippen LogP contribution in [0.5, 0.6) is 0 Å². The van der Waals surface area contributed by atoms with E-state index in [-0.39, 0.29) is 0 Å². The molecule has 0 saturated carbocycles. The second-order valence-corrected chi connectivity index (χ2v) is 5.64. The Morgan fingerprint density at radius 1 is 1.24 bits per heavy atom. The maximum atomic E-state index is 4.99. The predicted octanol–water partition coefficient (Wildman–Crippen LogP) is 1.51. The topological polar surface area (TPSA) is 64.9 Å². The summed E-state index contributed by atoms with van der Waals surface area (Å²) in [6.45, 7) is 5.22. The second-order valence-electron chi connectivity index (χ2n) is 4.70. The van der Waals surface area contributed by atoms with E-state index in [1.807, 2.05) is 4.68 Å². The van der Waals surface area contributed by atoms with Gasteiger partial charge in [-0.15, -0.1) is 5.10 Å². The standard InChI is InChI=1S/C14H21N5OS/c1-12-3-5-13(6-4-12)11-21-14-16-17-18-19(14)9-7-15-8-10-20-2/h3-6,15H,7-11H2,1-2H3. The summed E-state index contributed by atoms with van der Waals surface area (Å²) >= 11 is 1.66. The van der Waals surface area contributed by atoms with Crippen LogP contribution in [0, 0.1) is 6.92 Å². The lowest BCUT2D eigenvalue weighted by Gasteiger charge is -2.06. The molecule has 7 heteroatoms. The van der Waals surface area contributed by atoms with Gasteiger partial charge >= 0.3 is 0 Å². The van der Waals surface area contributed by atoms with Gasteiger partial charge in [0.1, 0.15) is 0 Å². The summed E-state index contributed by atoms with van der Waals surface area (Å²) < 4.78 is 6.82. The van der Waals surface area contributed by atoms with Crippen LogP contribution in [0.4, 0.5) is 0 Å². The molecule has 0 amide bonds. The maximum Gasteiger partial charge on any atom is 0.209 e. The number of hydrogen-bond acceptors (Lipinski definition) is 6. The Kier molecular flexibility index (Phi) is 6.65. The van der Waals surface area contributed by atoms with Gasteiger partial charge in [0.15, 0.2) is 0 Å². The molecular weight excluding hydrogens is 286 g/mol. The lowest BCUT2D eigenvalue weighted by Crippen LogP contribution is -2.24. The van der Waals surface area contributed by atoms with Gasteiger partial charge in [-0.1, -0.05) is 41.6 Å². The van der Waals surface area contributed by atoms with E-state index in [1.54, 1.807) is 18.9 Å². The van der Waals surface area contributed by atoms with Gasteiger partial charge in [0, 0.05) is 26.0 Å². The van der Waals surface area contributed by atoms with Gasteiger partial charge in [0.25, 0.3) is 0 Å². The van der Waals surface area contributed by atoms with Crippen LogP contribution in [0.2, 0.25) is 0 Å². The van der Waals surface area contributed by atoms with Crippen molar-refractivity contribution in [2.45, 2.75) is 24.4 Å². The van der Waals surface area contributed by atoms with Crippen molar-refractivity contribution in [3.63, 3.8) is 0 Å². The van der Waals surface area contributed by atoms with E-state index in [9.17, 15) is 0 Å². The molecule has 1 heterocycles. The van der Waals surface area contributed by atoms with Crippen molar-refractivity contribution in [1.82, 2.24) is 25.5 Å². The second kappa shape index (κ2) is 8.76. The third-order valence-electron chi connectivity index (χ3n) is 2.97. The molecule has 1 aromatic carbocycles. The number of rotatable bonds is 9. The average molecular weight is 307 g/mol. The number of ether oxygens (including phenoxy) is 1. The van der Waals surface area contributed by atoms with E-state index in [0.717, 1.165) is 30.5 Å². The highest BCUT2D eigenvalue weighted by atomic mass is 32.2. The van der Waals surface area contributed by atoms with Gasteiger partial charge in [-0.25, -0.2) is 4.68 Å². The van der Waals surface area contributed by atoms with Gasteiger partial charge in [-0.3, -0.25) is 0 Å². The number of nitrogens with one attached hydrogen (secondary N) is 1. The first-order valence-corrected chi connectivity index (χ1v) is 7.92. The van der Waals surface area contributed by atoms with Gasteiger partial charge in [-0.05, 0) is 22.9 Å². The fraction of sp³-hybridized carbons (Fsp3) is 0.500. The SMILES string of the molecule is COCCNCCn1nnnc1SCc1ccc(C)cc1. The Labute approximate surface area is 129 Å². The zero-order valence-corrected chi connectivity index (χ0v) is 13.3. The molecule has 0 aliphatic heterocycles. The largest absolute Gasteiger partial charge is 0.383 e. The maximum absolute atomic E-state index is 4.99. The quantitative estimate of drug-likeness (QED) is 0.559. The molecule has 0 fully saturated rings. The fourth-order valence-corrected chi connectivity index (χ4v) is 2.62. The number of aryl methyl sites for hydroxylation is 1. The monoisotopic (exact) mass is 307 g/mol. The van der Waals surface area contributed by atoms with Crippen molar-refractivity contribution >= 4 is 11.8 Å². The van der Waals surface area contributed by atoms with Crippen LogP contribution in [0.25, 0.3) is 0 Å². The number of thioether (sulfide) groups is 1. The Morgan fingerprint density at radius 2 is 2.05 bits per heavy atom. The summed E-state index contributed by atoms with van der Waals surface area (Å²) in [5.41, 5.74) is 2.55. The third-order valence-corrected chi connectivity index (χ3v) is 4.00. The van der Waals surface area contributed by atoms with E-state index >= 15 is 0 Å². The van der Waals surface area contributed by atoms with Crippen molar-refractivity contribution < 1.29 is 4.74 Å². The molecule has 2 rings (SSSR count). The van der Waals surface area contributed by atoms with Gasteiger partial charge < -0.3 is 10.1 Å². The van der Waals surface area contributed by atoms with Crippen LogP contribution in [0.15, 0.2) is 29.4 Å². The number of tetrazole rings is 1. The predicted molar refractivity (Wildman–Crippen MR) is 83.3 cm³/mol. The first kappa shape index (κ1) is 15.9. The summed E-state index contributed by atoms with van der Waals surface area (Å²) in [5.74, 6) is 0.873. The summed E-state index contributed by atoms with van der Waals surface area (Å²) in [5, 5.41) is 16.0. The zero-order valence-electron chi connectivity index (χ0n) is 12.5. The summed E-state index contributed by atoms with van der Waals surface area (Å²) in [7, 11) is 1.70. The molecule has 1 aromatic heterocycles. The molecule has 6 nitrogen and oxygen atoms in total. The molecule has 21 heavy (non-hydrogen) atoms. The van der Waals surface area contributed by atoms with Gasteiger partial charge in [0.2, 0.25) is 5.16 Å². The van der Waals surface area contributed by atoms with Gasteiger partial charge in [-0.2, -0.15) is 0 Å². The van der Waals surface area contributed by atoms with Gasteiger partial charge in [0.05, 0.1) is 13.2 Å². The van der Waals surface area contributed by atoms with Crippen LogP contribution in [0.3, 0.4) is 0 Å². The smallest absolute Gasteiger partial charge is 0.209 e. The van der Waals surface area contributed by atoms with Crippen molar-refractivity contribution in [3.8, 4) is 0 Å². The van der Waals surface area contributed by atoms with Crippen molar-refractivity contribution in [1.29, 1.82) is 0 Å². The fourth-order valence-electron chi connectivity index (χ4n) is 1.76. The summed E-state index contributed by atoms with van der Waals surface area (Å²) in [6.07, 6.45) is 0. The normalized spacial score (nSPS) is 11.0. The minimum Gasteiger partial charge on any atom is -0.383 e. The molecule has 0 radical (unpaired) electrons. The molecular formula is C14H21N5OS. The Morgan fingerprint density at radius 3 is 2.81 bits per heavy atom. The number of hydrogen-bond donors (Lipinski definition) is 1. The number of nitrogens with zero attached hydrogens (tertiary/aromatic N) is 4. The van der Waals surface area contributed by atoms with Crippen LogP contribution in [-0.4, -0.2) is 47.0 Å². The zero-order chi connectivity index (χ0) is 14.9. The Balaban J connectivity index is 1.78. The Hall–Kier alpha value is -1.44. The lowest BCUT2D eigenvalue weighted by atomic mass is 10.2. The average Bonchev–Trinajstić information content (AvgIpc) is 2.94. The molecule has 0 aliphatic carbocycles. The van der Waals surface area contributed by atoms with Crippen molar-refractivity contribution in [2.24, 2.45) is 0 Å². The molecule has 0 aliphatic rings. The summed E-state index contributed by atoms with van der Waals surface area (Å²) in [4.78, 5) is 0.